The molecule has 0 fully saturated rings. The molecule has 1 atom stereocenters. The Morgan fingerprint density at radius 3 is 1.57 bits per heavy atom. The van der Waals surface area contributed by atoms with Crippen LogP contribution in [0.1, 0.15) is 206 Å². The lowest BCUT2D eigenvalue weighted by Gasteiger charge is -2.14. The van der Waals surface area contributed by atoms with Crippen molar-refractivity contribution >= 4 is 17.8 Å². The van der Waals surface area contributed by atoms with Crippen LogP contribution >= 0.6 is 0 Å². The number of rotatable bonds is 36. The minimum atomic E-state index is -1.02. The first-order chi connectivity index (χ1) is 23.0. The number of hydrogen-bond acceptors (Lipinski definition) is 4. The Labute approximate surface area is 290 Å². The maximum Gasteiger partial charge on any atom is 0.322 e. The van der Waals surface area contributed by atoms with Gasteiger partial charge in [-0.1, -0.05) is 167 Å². The van der Waals surface area contributed by atoms with Crippen molar-refractivity contribution in [3.63, 3.8) is 0 Å². The first-order valence-electron chi connectivity index (χ1n) is 20.0. The van der Waals surface area contributed by atoms with Gasteiger partial charge >= 0.3 is 11.9 Å². The summed E-state index contributed by atoms with van der Waals surface area (Å²) in [6.45, 7) is 4.20. The predicted octanol–water partition coefficient (Wildman–Crippen LogP) is 12.0. The number of carbonyl (C=O) groups is 3. The first kappa shape index (κ1) is 44.9. The number of esters is 1. The van der Waals surface area contributed by atoms with E-state index in [0.717, 1.165) is 70.6 Å². The van der Waals surface area contributed by atoms with Crippen molar-refractivity contribution in [3.05, 3.63) is 24.3 Å². The van der Waals surface area contributed by atoms with Crippen molar-refractivity contribution in [2.45, 2.75) is 213 Å². The third kappa shape index (κ3) is 36.6. The molecule has 0 rings (SSSR count). The van der Waals surface area contributed by atoms with Crippen molar-refractivity contribution in [1.82, 2.24) is 5.32 Å². The van der Waals surface area contributed by atoms with E-state index >= 15 is 0 Å². The fourth-order valence-electron chi connectivity index (χ4n) is 5.88. The fraction of sp³-hybridized carbons (Fsp3) is 0.829. The summed E-state index contributed by atoms with van der Waals surface area (Å²) in [5.41, 5.74) is 0. The van der Waals surface area contributed by atoms with E-state index in [1.54, 1.807) is 0 Å². The van der Waals surface area contributed by atoms with E-state index in [1.165, 1.54) is 109 Å². The highest BCUT2D eigenvalue weighted by Crippen LogP contribution is 2.16. The van der Waals surface area contributed by atoms with Crippen LogP contribution in [0.2, 0.25) is 0 Å². The van der Waals surface area contributed by atoms with Crippen molar-refractivity contribution < 1.29 is 24.2 Å². The van der Waals surface area contributed by atoms with Gasteiger partial charge < -0.3 is 15.2 Å². The molecular weight excluding hydrogens is 586 g/mol. The molecule has 0 bridgehead atoms. The molecule has 0 aliphatic heterocycles. The van der Waals surface area contributed by atoms with Gasteiger partial charge in [-0.3, -0.25) is 14.4 Å². The fourth-order valence-corrected chi connectivity index (χ4v) is 5.88. The van der Waals surface area contributed by atoms with Gasteiger partial charge in [0, 0.05) is 12.8 Å². The van der Waals surface area contributed by atoms with Crippen LogP contribution in [-0.2, 0) is 19.1 Å². The Morgan fingerprint density at radius 2 is 1.04 bits per heavy atom. The lowest BCUT2D eigenvalue weighted by Crippen LogP contribution is -2.28. The Kier molecular flexibility index (Phi) is 35.1. The van der Waals surface area contributed by atoms with Gasteiger partial charge in [0.2, 0.25) is 5.91 Å². The van der Waals surface area contributed by atoms with E-state index in [9.17, 15) is 14.4 Å². The van der Waals surface area contributed by atoms with Gasteiger partial charge in [0.25, 0.3) is 0 Å². The second-order valence-corrected chi connectivity index (χ2v) is 13.5. The Morgan fingerprint density at radius 1 is 0.574 bits per heavy atom. The molecule has 1 unspecified atom stereocenters. The van der Waals surface area contributed by atoms with Crippen molar-refractivity contribution in [1.29, 1.82) is 0 Å². The molecule has 0 aliphatic rings. The highest BCUT2D eigenvalue weighted by atomic mass is 16.5. The molecule has 0 aromatic carbocycles. The van der Waals surface area contributed by atoms with Gasteiger partial charge in [0.05, 0.1) is 0 Å². The summed E-state index contributed by atoms with van der Waals surface area (Å²) in [6, 6.07) is 0. The molecule has 1 amide bonds. The SMILES string of the molecule is CCCCCC/C=C\C/C=C\C(CCCCCCCCC(=O)NCC(=O)O)OC(=O)CCCCCCCCCCCCCCCCC. The Hall–Kier alpha value is -2.11. The number of aliphatic carboxylic acids is 1. The molecule has 6 heteroatoms. The van der Waals surface area contributed by atoms with E-state index < -0.39 is 5.97 Å². The first-order valence-corrected chi connectivity index (χ1v) is 20.0. The lowest BCUT2D eigenvalue weighted by molar-refractivity contribution is -0.147. The highest BCUT2D eigenvalue weighted by molar-refractivity contribution is 5.80. The number of amides is 1. The lowest BCUT2D eigenvalue weighted by atomic mass is 10.0. The summed E-state index contributed by atoms with van der Waals surface area (Å²) in [5.74, 6) is -1.28. The number of carboxylic acid groups (broad SMARTS) is 1. The van der Waals surface area contributed by atoms with Crippen molar-refractivity contribution in [3.8, 4) is 0 Å². The molecule has 0 saturated heterocycles. The quantitative estimate of drug-likeness (QED) is 0.0396. The van der Waals surface area contributed by atoms with Gasteiger partial charge in [-0.05, 0) is 51.0 Å². The third-order valence-electron chi connectivity index (χ3n) is 8.86. The van der Waals surface area contributed by atoms with E-state index in [-0.39, 0.29) is 24.5 Å². The van der Waals surface area contributed by atoms with E-state index in [4.69, 9.17) is 9.84 Å². The second kappa shape index (κ2) is 36.7. The monoisotopic (exact) mass is 662 g/mol. The summed E-state index contributed by atoms with van der Waals surface area (Å²) < 4.78 is 5.92. The summed E-state index contributed by atoms with van der Waals surface area (Å²) in [4.78, 5) is 34.8. The maximum atomic E-state index is 12.7. The zero-order chi connectivity index (χ0) is 34.5. The van der Waals surface area contributed by atoms with Gasteiger partial charge in [0.15, 0.2) is 0 Å². The van der Waals surface area contributed by atoms with Crippen LogP contribution in [0.25, 0.3) is 0 Å². The molecule has 2 N–H and O–H groups in total. The molecule has 0 saturated carbocycles. The zero-order valence-electron chi connectivity index (χ0n) is 30.9. The number of nitrogens with one attached hydrogen (secondary N) is 1. The van der Waals surface area contributed by atoms with Crippen LogP contribution in [-0.4, -0.2) is 35.6 Å². The highest BCUT2D eigenvalue weighted by Gasteiger charge is 2.11. The number of carboxylic acids is 1. The number of unbranched alkanes of at least 4 members (excludes halogenated alkanes) is 23. The van der Waals surface area contributed by atoms with Crippen molar-refractivity contribution in [2.24, 2.45) is 0 Å². The summed E-state index contributed by atoms with van der Waals surface area (Å²) >= 11 is 0. The van der Waals surface area contributed by atoms with Crippen LogP contribution < -0.4 is 5.32 Å². The molecule has 0 radical (unpaired) electrons. The van der Waals surface area contributed by atoms with Crippen LogP contribution in [0.3, 0.4) is 0 Å². The number of carbonyl (C=O) groups excluding carboxylic acids is 2. The van der Waals surface area contributed by atoms with Crippen LogP contribution in [0.15, 0.2) is 24.3 Å². The van der Waals surface area contributed by atoms with Gasteiger partial charge in [-0.25, -0.2) is 0 Å². The number of hydrogen-bond donors (Lipinski definition) is 2. The van der Waals surface area contributed by atoms with E-state index in [0.29, 0.717) is 12.8 Å². The third-order valence-corrected chi connectivity index (χ3v) is 8.86. The minimum Gasteiger partial charge on any atom is -0.480 e. The van der Waals surface area contributed by atoms with E-state index in [1.807, 2.05) is 0 Å². The Balaban J connectivity index is 4.16. The van der Waals surface area contributed by atoms with Crippen LogP contribution in [0, 0.1) is 0 Å². The molecule has 0 heterocycles. The maximum absolute atomic E-state index is 12.7. The van der Waals surface area contributed by atoms with Gasteiger partial charge in [-0.2, -0.15) is 0 Å². The molecule has 6 nitrogen and oxygen atoms in total. The second-order valence-electron chi connectivity index (χ2n) is 13.5. The average Bonchev–Trinajstić information content (AvgIpc) is 3.05. The molecule has 0 spiro atoms. The minimum absolute atomic E-state index is 0.0676. The van der Waals surface area contributed by atoms with Crippen molar-refractivity contribution in [2.75, 3.05) is 6.54 Å². The molecule has 274 valence electrons. The van der Waals surface area contributed by atoms with Crippen LogP contribution in [0.4, 0.5) is 0 Å². The molecule has 0 aromatic heterocycles. The normalized spacial score (nSPS) is 12.2. The zero-order valence-corrected chi connectivity index (χ0v) is 30.9. The Bertz CT molecular complexity index is 778. The standard InChI is InChI=1S/C41H75NO5/c1-3-5-7-9-11-13-14-15-16-17-18-20-22-28-32-36-41(46)47-38(33-29-25-21-19-12-10-8-6-4-2)34-30-26-23-24-27-31-35-39(43)42-37-40(44)45/h19,21,29,33,38H,3-18,20,22-28,30-32,34-37H2,1-2H3,(H,42,43)(H,44,45)/b21-19-,33-29-. The molecule has 0 aliphatic carbocycles. The molecule has 47 heavy (non-hydrogen) atoms. The number of allylic oxidation sites excluding steroid dienone is 3. The average molecular weight is 662 g/mol. The predicted molar refractivity (Wildman–Crippen MR) is 199 cm³/mol. The smallest absolute Gasteiger partial charge is 0.322 e. The van der Waals surface area contributed by atoms with E-state index in [2.05, 4.69) is 43.5 Å². The van der Waals surface area contributed by atoms with Crippen LogP contribution in [0.5, 0.6) is 0 Å². The molecule has 0 aromatic rings. The summed E-state index contributed by atoms with van der Waals surface area (Å²) in [5, 5.41) is 11.0. The topological polar surface area (TPSA) is 92.7 Å². The summed E-state index contributed by atoms with van der Waals surface area (Å²) in [7, 11) is 0. The summed E-state index contributed by atoms with van der Waals surface area (Å²) in [6.07, 6.45) is 43.1. The largest absolute Gasteiger partial charge is 0.480 e. The van der Waals surface area contributed by atoms with Gasteiger partial charge in [0.1, 0.15) is 12.6 Å². The number of ether oxygens (including phenoxy) is 1. The van der Waals surface area contributed by atoms with Gasteiger partial charge in [-0.15, -0.1) is 0 Å². The molecular formula is C41H75NO5.